The third-order valence-corrected chi connectivity index (χ3v) is 5.45. The third kappa shape index (κ3) is 6.04. The van der Waals surface area contributed by atoms with Gasteiger partial charge in [0, 0.05) is 0 Å². The van der Waals surface area contributed by atoms with Gasteiger partial charge < -0.3 is 9.47 Å². The molecule has 150 valence electrons. The Morgan fingerprint density at radius 3 is 2.07 bits per heavy atom. The van der Waals surface area contributed by atoms with Gasteiger partial charge in [0.15, 0.2) is 0 Å². The highest BCUT2D eigenvalue weighted by atomic mass is 32.2. The first-order chi connectivity index (χ1) is 12.6. The molecule has 1 N–H and O–H groups in total. The lowest BCUT2D eigenvalue weighted by Gasteiger charge is -2.28. The Balaban J connectivity index is 2.07. The van der Waals surface area contributed by atoms with Crippen LogP contribution in [0.15, 0.2) is 12.1 Å². The molecule has 0 aliphatic heterocycles. The second kappa shape index (κ2) is 8.84. The summed E-state index contributed by atoms with van der Waals surface area (Å²) in [6, 6.07) is 3.86. The molecule has 2 rings (SSSR count). The number of rotatable bonds is 6. The number of carbonyl (C=O) groups is 2. The zero-order valence-corrected chi connectivity index (χ0v) is 16.7. The lowest BCUT2D eigenvalue weighted by Crippen LogP contribution is -2.36. The average molecular weight is 398 g/mol. The Bertz CT molecular complexity index is 790. The van der Waals surface area contributed by atoms with Crippen LogP contribution >= 0.6 is 0 Å². The van der Waals surface area contributed by atoms with Crippen LogP contribution in [0.2, 0.25) is 0 Å². The Kier molecular flexibility index (Phi) is 7.00. The summed E-state index contributed by atoms with van der Waals surface area (Å²) in [5.74, 6) is -2.55. The molecule has 1 aromatic carbocycles. The maximum atomic E-state index is 12.7. The van der Waals surface area contributed by atoms with Crippen molar-refractivity contribution in [2.75, 3.05) is 12.4 Å². The molecule has 0 spiro atoms. The van der Waals surface area contributed by atoms with E-state index in [2.05, 4.69) is 0 Å². The van der Waals surface area contributed by atoms with E-state index in [1.807, 2.05) is 32.9 Å². The molecule has 2 atom stereocenters. The molecule has 0 saturated heterocycles. The lowest BCUT2D eigenvalue weighted by molar-refractivity contribution is -0.158. The van der Waals surface area contributed by atoms with Gasteiger partial charge in [-0.1, -0.05) is 30.5 Å². The zero-order valence-electron chi connectivity index (χ0n) is 15.9. The minimum atomic E-state index is -4.20. The molecule has 0 heterocycles. The zero-order chi connectivity index (χ0) is 20.2. The van der Waals surface area contributed by atoms with Crippen molar-refractivity contribution >= 4 is 22.1 Å². The van der Waals surface area contributed by atoms with Crippen molar-refractivity contribution in [3.05, 3.63) is 28.8 Å². The van der Waals surface area contributed by atoms with Gasteiger partial charge in [-0.2, -0.15) is 8.42 Å². The largest absolute Gasteiger partial charge is 0.464 e. The van der Waals surface area contributed by atoms with Crippen LogP contribution in [-0.2, 0) is 24.4 Å². The van der Waals surface area contributed by atoms with Crippen LogP contribution in [0.4, 0.5) is 0 Å². The van der Waals surface area contributed by atoms with Crippen LogP contribution in [0.3, 0.4) is 0 Å². The molecule has 1 fully saturated rings. The molecule has 0 bridgehead atoms. The predicted molar refractivity (Wildman–Crippen MR) is 99.1 cm³/mol. The highest BCUT2D eigenvalue weighted by molar-refractivity contribution is 7.85. The van der Waals surface area contributed by atoms with E-state index in [1.54, 1.807) is 0 Å². The number of carbonyl (C=O) groups excluding carboxylic acids is 2. The van der Waals surface area contributed by atoms with Crippen molar-refractivity contribution in [1.82, 2.24) is 0 Å². The van der Waals surface area contributed by atoms with E-state index in [1.165, 1.54) is 0 Å². The summed E-state index contributed by atoms with van der Waals surface area (Å²) in [6.45, 7) is 5.26. The van der Waals surface area contributed by atoms with Gasteiger partial charge in [-0.25, -0.2) is 0 Å². The summed E-state index contributed by atoms with van der Waals surface area (Å²) in [4.78, 5) is 25.1. The molecule has 1 aliphatic rings. The standard InChI is InChI=1S/C19H26O7S/c1-12-10-13(2)17(14(3)11-12)26-19(21)16-7-5-4-6-15(16)18(20)25-8-9-27(22,23)24/h10-11,15-16H,4-9H2,1-3H3,(H,22,23,24). The highest BCUT2D eigenvalue weighted by Crippen LogP contribution is 2.34. The van der Waals surface area contributed by atoms with Gasteiger partial charge in [0.2, 0.25) is 0 Å². The predicted octanol–water partition coefficient (Wildman–Crippen LogP) is 2.75. The first-order valence-electron chi connectivity index (χ1n) is 9.00. The molecule has 0 aromatic heterocycles. The first-order valence-corrected chi connectivity index (χ1v) is 10.6. The number of ether oxygens (including phenoxy) is 2. The summed E-state index contributed by atoms with van der Waals surface area (Å²) in [7, 11) is -4.20. The van der Waals surface area contributed by atoms with E-state index in [4.69, 9.17) is 14.0 Å². The smallest absolute Gasteiger partial charge is 0.315 e. The second-order valence-electron chi connectivity index (χ2n) is 7.10. The van der Waals surface area contributed by atoms with Gasteiger partial charge in [-0.05, 0) is 44.7 Å². The van der Waals surface area contributed by atoms with Crippen molar-refractivity contribution in [2.24, 2.45) is 11.8 Å². The SMILES string of the molecule is Cc1cc(C)c(OC(=O)C2CCCCC2C(=O)OCCS(=O)(=O)O)c(C)c1. The van der Waals surface area contributed by atoms with Crippen LogP contribution in [-0.4, -0.2) is 37.3 Å². The number of hydrogen-bond donors (Lipinski definition) is 1. The molecule has 1 saturated carbocycles. The van der Waals surface area contributed by atoms with Crippen LogP contribution in [0.1, 0.15) is 42.4 Å². The Hall–Kier alpha value is -1.93. The highest BCUT2D eigenvalue weighted by Gasteiger charge is 2.38. The molecular formula is C19H26O7S. The van der Waals surface area contributed by atoms with Gasteiger partial charge in [-0.3, -0.25) is 14.1 Å². The van der Waals surface area contributed by atoms with Crippen LogP contribution in [0.5, 0.6) is 5.75 Å². The quantitative estimate of drug-likeness (QED) is 0.446. The summed E-state index contributed by atoms with van der Waals surface area (Å²) in [5, 5.41) is 0. The van der Waals surface area contributed by atoms with Crippen molar-refractivity contribution in [3.63, 3.8) is 0 Å². The van der Waals surface area contributed by atoms with E-state index in [0.29, 0.717) is 18.6 Å². The van der Waals surface area contributed by atoms with Crippen LogP contribution in [0.25, 0.3) is 0 Å². The van der Waals surface area contributed by atoms with E-state index in [-0.39, 0.29) is 0 Å². The van der Waals surface area contributed by atoms with E-state index >= 15 is 0 Å². The first kappa shape index (κ1) is 21.4. The molecule has 27 heavy (non-hydrogen) atoms. The molecule has 1 aromatic rings. The number of aryl methyl sites for hydroxylation is 3. The van der Waals surface area contributed by atoms with E-state index < -0.39 is 46.3 Å². The number of esters is 2. The lowest BCUT2D eigenvalue weighted by atomic mass is 9.79. The van der Waals surface area contributed by atoms with Gasteiger partial charge in [0.05, 0.1) is 11.8 Å². The molecule has 1 aliphatic carbocycles. The summed E-state index contributed by atoms with van der Waals surface area (Å²) in [5.41, 5.74) is 2.77. The topological polar surface area (TPSA) is 107 Å². The van der Waals surface area contributed by atoms with Crippen molar-refractivity contribution in [3.8, 4) is 5.75 Å². The van der Waals surface area contributed by atoms with Crippen molar-refractivity contribution < 1.29 is 32.0 Å². The Labute approximate surface area is 159 Å². The number of hydrogen-bond acceptors (Lipinski definition) is 6. The van der Waals surface area contributed by atoms with E-state index in [9.17, 15) is 18.0 Å². The summed E-state index contributed by atoms with van der Waals surface area (Å²) in [6.07, 6.45) is 2.59. The molecule has 8 heteroatoms. The number of benzene rings is 1. The average Bonchev–Trinajstić information content (AvgIpc) is 2.56. The maximum absolute atomic E-state index is 12.7. The van der Waals surface area contributed by atoms with Crippen molar-refractivity contribution in [1.29, 1.82) is 0 Å². The minimum absolute atomic E-state index is 0.438. The fourth-order valence-electron chi connectivity index (χ4n) is 3.55. The molecular weight excluding hydrogens is 372 g/mol. The Morgan fingerprint density at radius 1 is 1.04 bits per heavy atom. The fraction of sp³-hybridized carbons (Fsp3) is 0.579. The monoisotopic (exact) mass is 398 g/mol. The van der Waals surface area contributed by atoms with Crippen LogP contribution in [0, 0.1) is 32.6 Å². The molecule has 0 amide bonds. The second-order valence-corrected chi connectivity index (χ2v) is 8.67. The minimum Gasteiger partial charge on any atom is -0.464 e. The Morgan fingerprint density at radius 2 is 1.56 bits per heavy atom. The van der Waals surface area contributed by atoms with Crippen molar-refractivity contribution in [2.45, 2.75) is 46.5 Å². The maximum Gasteiger partial charge on any atom is 0.315 e. The molecule has 2 unspecified atom stereocenters. The van der Waals surface area contributed by atoms with E-state index in [0.717, 1.165) is 29.5 Å². The summed E-state index contributed by atoms with van der Waals surface area (Å²) >= 11 is 0. The molecule has 7 nitrogen and oxygen atoms in total. The van der Waals surface area contributed by atoms with Gasteiger partial charge in [0.25, 0.3) is 10.1 Å². The normalized spacial score (nSPS) is 20.1. The van der Waals surface area contributed by atoms with Gasteiger partial charge in [-0.15, -0.1) is 0 Å². The molecule has 0 radical (unpaired) electrons. The van der Waals surface area contributed by atoms with Gasteiger partial charge >= 0.3 is 11.9 Å². The third-order valence-electron chi connectivity index (χ3n) is 4.76. The van der Waals surface area contributed by atoms with Crippen LogP contribution < -0.4 is 4.74 Å². The van der Waals surface area contributed by atoms with Gasteiger partial charge in [0.1, 0.15) is 18.1 Å². The fourth-order valence-corrected chi connectivity index (χ4v) is 3.85. The summed E-state index contributed by atoms with van der Waals surface area (Å²) < 4.78 is 40.8.